The van der Waals surface area contributed by atoms with E-state index in [4.69, 9.17) is 0 Å². The van der Waals surface area contributed by atoms with Crippen LogP contribution in [0.5, 0.6) is 0 Å². The largest absolute Gasteiger partial charge is 0.381 e. The maximum atomic E-state index is 11.1. The average molecular weight is 286 g/mol. The van der Waals surface area contributed by atoms with E-state index in [1.165, 1.54) is 6.20 Å². The number of hydrogen-bond donors (Lipinski definition) is 0. The van der Waals surface area contributed by atoms with Crippen molar-refractivity contribution in [2.45, 2.75) is 33.4 Å². The first-order valence-electron chi connectivity index (χ1n) is 5.81. The Kier molecular flexibility index (Phi) is 5.04. The van der Waals surface area contributed by atoms with Gasteiger partial charge >= 0.3 is 5.82 Å². The lowest BCUT2D eigenvalue weighted by molar-refractivity contribution is -0.389. The Hall–Kier alpha value is -1.44. The molecular weight excluding hydrogens is 268 g/mol. The molecule has 0 spiro atoms. The maximum Gasteiger partial charge on any atom is 0.381 e. The molecule has 8 heteroatoms. The third-order valence-electron chi connectivity index (χ3n) is 3.07. The molecule has 19 heavy (non-hydrogen) atoms. The van der Waals surface area contributed by atoms with Crippen LogP contribution in [0.25, 0.3) is 0 Å². The number of aryl methyl sites for hydroxylation is 1. The Balaban J connectivity index is 2.93. The van der Waals surface area contributed by atoms with E-state index in [0.717, 1.165) is 5.75 Å². The van der Waals surface area contributed by atoms with Crippen LogP contribution in [0.4, 0.5) is 5.82 Å². The predicted octanol–water partition coefficient (Wildman–Crippen LogP) is 2.62. The molecule has 0 aliphatic carbocycles. The zero-order valence-corrected chi connectivity index (χ0v) is 12.3. The van der Waals surface area contributed by atoms with Crippen LogP contribution in [-0.2, 0) is 6.54 Å². The van der Waals surface area contributed by atoms with Gasteiger partial charge in [-0.2, -0.15) is 16.7 Å². The lowest BCUT2D eigenvalue weighted by atomic mass is 9.87. The van der Waals surface area contributed by atoms with E-state index >= 15 is 0 Å². The molecule has 1 heterocycles. The number of nitroso groups, excluding NO2 is 1. The number of thioether (sulfide) groups is 1. The second-order valence-corrected chi connectivity index (χ2v) is 5.96. The monoisotopic (exact) mass is 286 g/mol. The summed E-state index contributed by atoms with van der Waals surface area (Å²) >= 11 is 1.65. The zero-order valence-electron chi connectivity index (χ0n) is 11.5. The van der Waals surface area contributed by atoms with Crippen molar-refractivity contribution < 1.29 is 4.92 Å². The molecule has 0 aliphatic rings. The summed E-state index contributed by atoms with van der Waals surface area (Å²) < 4.78 is 1.62. The summed E-state index contributed by atoms with van der Waals surface area (Å²) in [4.78, 5) is 25.0. The molecule has 0 fully saturated rings. The van der Waals surface area contributed by atoms with Crippen molar-refractivity contribution in [3.63, 3.8) is 0 Å². The van der Waals surface area contributed by atoms with Gasteiger partial charge in [0.05, 0.1) is 6.54 Å². The van der Waals surface area contributed by atoms with E-state index in [9.17, 15) is 15.0 Å². The van der Waals surface area contributed by atoms with E-state index < -0.39 is 11.0 Å². The number of imidazole rings is 1. The third-order valence-corrected chi connectivity index (χ3v) is 4.10. The van der Waals surface area contributed by atoms with Crippen molar-refractivity contribution in [2.24, 2.45) is 10.6 Å². The average Bonchev–Trinajstić information content (AvgIpc) is 2.67. The van der Waals surface area contributed by atoms with Gasteiger partial charge in [0.15, 0.2) is 0 Å². The van der Waals surface area contributed by atoms with E-state index in [1.807, 2.05) is 20.1 Å². The summed E-state index contributed by atoms with van der Waals surface area (Å²) in [6, 6.07) is -0.451. The van der Waals surface area contributed by atoms with Crippen LogP contribution >= 0.6 is 11.8 Å². The fraction of sp³-hybridized carbons (Fsp3) is 0.727. The van der Waals surface area contributed by atoms with Gasteiger partial charge in [0.1, 0.15) is 12.2 Å². The number of nitro groups is 1. The quantitative estimate of drug-likeness (QED) is 0.436. The first kappa shape index (κ1) is 15.6. The van der Waals surface area contributed by atoms with Crippen LogP contribution in [0.1, 0.15) is 19.7 Å². The van der Waals surface area contributed by atoms with Crippen molar-refractivity contribution in [3.05, 3.63) is 27.0 Å². The molecule has 1 rings (SSSR count). The van der Waals surface area contributed by atoms with Gasteiger partial charge < -0.3 is 14.7 Å². The van der Waals surface area contributed by atoms with Crippen LogP contribution in [0, 0.1) is 27.4 Å². The van der Waals surface area contributed by atoms with Gasteiger partial charge in [0, 0.05) is 18.1 Å². The highest BCUT2D eigenvalue weighted by molar-refractivity contribution is 7.98. The van der Waals surface area contributed by atoms with Gasteiger partial charge in [-0.05, 0) is 16.2 Å². The standard InChI is InChI=1S/C11H18N4O3S/c1-8-12-10(15(17)18)6-14(8)5-9(13-16)11(2,3)7-19-4/h6,9H,5,7H2,1-4H3. The first-order chi connectivity index (χ1) is 8.81. The predicted molar refractivity (Wildman–Crippen MR) is 75.4 cm³/mol. The van der Waals surface area contributed by atoms with Crippen LogP contribution in [0.2, 0.25) is 0 Å². The molecule has 0 radical (unpaired) electrons. The normalized spacial score (nSPS) is 13.3. The molecule has 0 amide bonds. The number of hydrogen-bond acceptors (Lipinski definition) is 6. The summed E-state index contributed by atoms with van der Waals surface area (Å²) in [6.07, 6.45) is 3.32. The lowest BCUT2D eigenvalue weighted by Crippen LogP contribution is -2.33. The van der Waals surface area contributed by atoms with Gasteiger partial charge in [0.25, 0.3) is 0 Å². The van der Waals surface area contributed by atoms with Gasteiger partial charge in [-0.25, -0.2) is 0 Å². The fourth-order valence-electron chi connectivity index (χ4n) is 1.84. The van der Waals surface area contributed by atoms with Crippen molar-refractivity contribution >= 4 is 17.6 Å². The van der Waals surface area contributed by atoms with Crippen molar-refractivity contribution in [2.75, 3.05) is 12.0 Å². The second kappa shape index (κ2) is 6.14. The Bertz CT molecular complexity index is 473. The molecule has 0 N–H and O–H groups in total. The molecule has 1 unspecified atom stereocenters. The highest BCUT2D eigenvalue weighted by Gasteiger charge is 2.32. The summed E-state index contributed by atoms with van der Waals surface area (Å²) in [7, 11) is 0. The van der Waals surface area contributed by atoms with E-state index in [0.29, 0.717) is 12.4 Å². The Morgan fingerprint density at radius 2 is 2.26 bits per heavy atom. The molecular formula is C11H18N4O3S. The van der Waals surface area contributed by atoms with Crippen molar-refractivity contribution in [1.82, 2.24) is 9.55 Å². The highest BCUT2D eigenvalue weighted by Crippen LogP contribution is 2.29. The number of nitrogens with zero attached hydrogens (tertiary/aromatic N) is 4. The molecule has 1 aromatic rings. The topological polar surface area (TPSA) is 90.4 Å². The Labute approximate surface area is 115 Å². The minimum Gasteiger partial charge on any atom is -0.358 e. The summed E-state index contributed by atoms with van der Waals surface area (Å²) in [5, 5.41) is 13.8. The third kappa shape index (κ3) is 3.76. The Morgan fingerprint density at radius 1 is 1.63 bits per heavy atom. The van der Waals surface area contributed by atoms with Gasteiger partial charge in [-0.3, -0.25) is 0 Å². The Morgan fingerprint density at radius 3 is 2.68 bits per heavy atom. The van der Waals surface area contributed by atoms with Crippen LogP contribution in [-0.4, -0.2) is 32.5 Å². The van der Waals surface area contributed by atoms with Gasteiger partial charge in [-0.15, -0.1) is 0 Å². The molecule has 0 aromatic carbocycles. The zero-order chi connectivity index (χ0) is 14.6. The summed E-state index contributed by atoms with van der Waals surface area (Å²) in [6.45, 7) is 5.92. The lowest BCUT2D eigenvalue weighted by Gasteiger charge is -2.28. The fourth-order valence-corrected chi connectivity index (χ4v) is 2.78. The summed E-state index contributed by atoms with van der Waals surface area (Å²) in [5.41, 5.74) is -0.271. The van der Waals surface area contributed by atoms with E-state index in [-0.39, 0.29) is 11.2 Å². The number of aromatic nitrogens is 2. The first-order valence-corrected chi connectivity index (χ1v) is 7.20. The van der Waals surface area contributed by atoms with Crippen molar-refractivity contribution in [3.8, 4) is 0 Å². The van der Waals surface area contributed by atoms with Gasteiger partial charge in [-0.1, -0.05) is 19.0 Å². The molecule has 0 bridgehead atoms. The van der Waals surface area contributed by atoms with Gasteiger partial charge in [0.2, 0.25) is 5.82 Å². The molecule has 1 aromatic heterocycles. The minimum absolute atomic E-state index is 0.204. The smallest absolute Gasteiger partial charge is 0.358 e. The highest BCUT2D eigenvalue weighted by atomic mass is 32.2. The van der Waals surface area contributed by atoms with Crippen LogP contribution in [0.15, 0.2) is 11.4 Å². The summed E-state index contributed by atoms with van der Waals surface area (Å²) in [5.74, 6) is 1.10. The second-order valence-electron chi connectivity index (χ2n) is 5.10. The van der Waals surface area contributed by atoms with Crippen molar-refractivity contribution in [1.29, 1.82) is 0 Å². The van der Waals surface area contributed by atoms with Crippen LogP contribution < -0.4 is 0 Å². The molecule has 7 nitrogen and oxygen atoms in total. The molecule has 0 saturated carbocycles. The van der Waals surface area contributed by atoms with E-state index in [2.05, 4.69) is 10.2 Å². The minimum atomic E-state index is -0.542. The molecule has 0 aliphatic heterocycles. The number of rotatable bonds is 7. The molecule has 1 atom stereocenters. The maximum absolute atomic E-state index is 11.1. The molecule has 106 valence electrons. The molecule has 0 saturated heterocycles. The van der Waals surface area contributed by atoms with E-state index in [1.54, 1.807) is 23.3 Å². The SMILES string of the molecule is CSCC(C)(C)C(Cn1cc([N+](=O)[O-])nc1C)N=O. The van der Waals surface area contributed by atoms with Crippen LogP contribution in [0.3, 0.4) is 0 Å².